The Morgan fingerprint density at radius 3 is 2.16 bits per heavy atom. The molecule has 5 rings (SSSR count). The molecule has 2 N–H and O–H groups in total. The maximum atomic E-state index is 13.9. The predicted octanol–water partition coefficient (Wildman–Crippen LogP) is 10.1. The maximum absolute atomic E-state index is 13.9. The van der Waals surface area contributed by atoms with Gasteiger partial charge in [0, 0.05) is 24.9 Å². The Balaban J connectivity index is 1.39. The van der Waals surface area contributed by atoms with Gasteiger partial charge in [-0.1, -0.05) is 60.6 Å². The molecule has 6 nitrogen and oxygen atoms in total. The van der Waals surface area contributed by atoms with Crippen molar-refractivity contribution in [3.8, 4) is 0 Å². The van der Waals surface area contributed by atoms with Crippen LogP contribution >= 0.6 is 0 Å². The summed E-state index contributed by atoms with van der Waals surface area (Å²) < 4.78 is 6.18. The number of carboxylic acid groups (broad SMARTS) is 1. The molecule has 5 aliphatic carbocycles. The third kappa shape index (κ3) is 6.46. The van der Waals surface area contributed by atoms with Gasteiger partial charge < -0.3 is 14.9 Å². The van der Waals surface area contributed by atoms with Crippen molar-refractivity contribution in [3.63, 3.8) is 0 Å². The molecular formula is C44H72O6. The number of ketones is 1. The number of hydrogen-bond donors (Lipinski definition) is 2. The fourth-order valence-electron chi connectivity index (χ4n) is 14.1. The highest BCUT2D eigenvalue weighted by molar-refractivity contribution is 5.81. The Bertz CT molecular complexity index is 1330. The molecule has 6 heteroatoms. The molecule has 0 amide bonds. The molecule has 0 aromatic carbocycles. The maximum Gasteiger partial charge on any atom is 0.309 e. The molecule has 0 aromatic rings. The van der Waals surface area contributed by atoms with Gasteiger partial charge in [-0.05, 0) is 154 Å². The normalized spacial score (nSPS) is 41.3. The summed E-state index contributed by atoms with van der Waals surface area (Å²) in [5, 5.41) is 19.7. The summed E-state index contributed by atoms with van der Waals surface area (Å²) in [7, 11) is 0. The van der Waals surface area contributed by atoms with Crippen LogP contribution in [-0.4, -0.2) is 40.6 Å². The molecule has 0 aliphatic heterocycles. The van der Waals surface area contributed by atoms with Gasteiger partial charge in [-0.2, -0.15) is 0 Å². The SMILES string of the molecule is C=C(C)[C@@H]1CC[C@]2(CC(=O)CC(CO)CC(C)C)CC[C@]3(C)[C@H](CC[C@@H]4[C@@]5(C)CC[C@H](OC(=O)CC(C)(C)C(=O)O)C(C)(C)[C@@H]5CC[C@]43C)[C@@H]12. The van der Waals surface area contributed by atoms with Gasteiger partial charge in [0.05, 0.1) is 11.8 Å². The lowest BCUT2D eigenvalue weighted by Crippen LogP contribution is -2.66. The lowest BCUT2D eigenvalue weighted by atomic mass is 9.32. The van der Waals surface area contributed by atoms with Gasteiger partial charge in [0.1, 0.15) is 11.9 Å². The standard InChI is InChI=1S/C44H72O6/c1-27(2)22-29(26-45)23-30(46)24-44-19-14-31(28(3)4)37(44)32-12-13-34-41(9)17-16-35(50-36(47)25-39(5,6)38(48)49)40(7,8)33(41)15-18-43(34,11)42(32,10)20-21-44/h27,29,31-35,37,45H,3,12-26H2,1-2,4-11H3,(H,48,49)/t29?,31-,32+,33-,34+,35-,37+,41-,42+,43+,44+/m0/s1. The van der Waals surface area contributed by atoms with E-state index in [-0.39, 0.29) is 52.1 Å². The monoisotopic (exact) mass is 697 g/mol. The van der Waals surface area contributed by atoms with Gasteiger partial charge in [-0.25, -0.2) is 0 Å². The van der Waals surface area contributed by atoms with Crippen LogP contribution < -0.4 is 0 Å². The minimum atomic E-state index is -1.14. The quantitative estimate of drug-likeness (QED) is 0.156. The average molecular weight is 697 g/mol. The number of rotatable bonds is 12. The Labute approximate surface area is 304 Å². The zero-order valence-electron chi connectivity index (χ0n) is 33.5. The zero-order chi connectivity index (χ0) is 37.2. The molecule has 0 heterocycles. The van der Waals surface area contributed by atoms with E-state index in [2.05, 4.69) is 62.0 Å². The highest BCUT2D eigenvalue weighted by Gasteiger charge is 2.71. The zero-order valence-corrected chi connectivity index (χ0v) is 33.5. The lowest BCUT2D eigenvalue weighted by molar-refractivity contribution is -0.250. The van der Waals surface area contributed by atoms with Crippen molar-refractivity contribution in [2.45, 2.75) is 165 Å². The molecule has 50 heavy (non-hydrogen) atoms. The van der Waals surface area contributed by atoms with Crippen molar-refractivity contribution in [1.29, 1.82) is 0 Å². The summed E-state index contributed by atoms with van der Waals surface area (Å²) in [6.07, 6.45) is 12.9. The summed E-state index contributed by atoms with van der Waals surface area (Å²) >= 11 is 0. The summed E-state index contributed by atoms with van der Waals surface area (Å²) in [6, 6.07) is 0. The highest BCUT2D eigenvalue weighted by atomic mass is 16.5. The summed E-state index contributed by atoms with van der Waals surface area (Å²) in [4.78, 5) is 38.7. The van der Waals surface area contributed by atoms with Crippen LogP contribution in [0, 0.1) is 73.9 Å². The average Bonchev–Trinajstić information content (AvgIpc) is 3.37. The Morgan fingerprint density at radius 2 is 1.56 bits per heavy atom. The third-order valence-electron chi connectivity index (χ3n) is 16.7. The molecule has 0 saturated heterocycles. The summed E-state index contributed by atoms with van der Waals surface area (Å²) in [5.41, 5.74) is 0.503. The van der Waals surface area contributed by atoms with Crippen LogP contribution in [0.2, 0.25) is 0 Å². The number of esters is 1. The van der Waals surface area contributed by atoms with E-state index in [4.69, 9.17) is 4.74 Å². The van der Waals surface area contributed by atoms with Gasteiger partial charge in [0.25, 0.3) is 0 Å². The molecule has 11 atom stereocenters. The van der Waals surface area contributed by atoms with E-state index in [0.29, 0.717) is 54.1 Å². The summed E-state index contributed by atoms with van der Waals surface area (Å²) in [5.74, 6) is 2.06. The van der Waals surface area contributed by atoms with E-state index in [1.165, 1.54) is 31.3 Å². The number of carboxylic acids is 1. The number of carbonyl (C=O) groups is 3. The van der Waals surface area contributed by atoms with Crippen LogP contribution in [0.15, 0.2) is 12.2 Å². The third-order valence-corrected chi connectivity index (χ3v) is 16.7. The van der Waals surface area contributed by atoms with Crippen LogP contribution in [-0.2, 0) is 19.1 Å². The van der Waals surface area contributed by atoms with E-state index in [1.807, 2.05) is 0 Å². The number of ether oxygens (including phenoxy) is 1. The minimum absolute atomic E-state index is 0.0478. The number of aliphatic hydroxyl groups is 1. The van der Waals surface area contributed by atoms with Crippen molar-refractivity contribution in [2.24, 2.45) is 73.9 Å². The fraction of sp³-hybridized carbons (Fsp3) is 0.886. The first-order chi connectivity index (χ1) is 23.1. The first-order valence-electron chi connectivity index (χ1n) is 20.3. The second-order valence-corrected chi connectivity index (χ2v) is 20.9. The van der Waals surface area contributed by atoms with Crippen LogP contribution in [0.4, 0.5) is 0 Å². The van der Waals surface area contributed by atoms with Crippen LogP contribution in [0.25, 0.3) is 0 Å². The van der Waals surface area contributed by atoms with E-state index >= 15 is 0 Å². The second-order valence-electron chi connectivity index (χ2n) is 20.9. The van der Waals surface area contributed by atoms with Gasteiger partial charge >= 0.3 is 11.9 Å². The van der Waals surface area contributed by atoms with Crippen LogP contribution in [0.5, 0.6) is 0 Å². The number of Topliss-reactive ketones (excluding diaryl/α,β-unsaturated/α-hetero) is 1. The van der Waals surface area contributed by atoms with Gasteiger partial charge in [0.2, 0.25) is 0 Å². The molecule has 5 aliphatic rings. The minimum Gasteiger partial charge on any atom is -0.481 e. The van der Waals surface area contributed by atoms with Gasteiger partial charge in [-0.3, -0.25) is 14.4 Å². The molecule has 1 unspecified atom stereocenters. The van der Waals surface area contributed by atoms with Crippen molar-refractivity contribution >= 4 is 17.7 Å². The lowest BCUT2D eigenvalue weighted by Gasteiger charge is -2.73. The predicted molar refractivity (Wildman–Crippen MR) is 199 cm³/mol. The Morgan fingerprint density at radius 1 is 0.880 bits per heavy atom. The second kappa shape index (κ2) is 13.6. The van der Waals surface area contributed by atoms with Crippen molar-refractivity contribution < 1.29 is 29.3 Å². The first kappa shape index (κ1) is 39.5. The molecule has 284 valence electrons. The molecule has 0 bridgehead atoms. The number of allylic oxidation sites excluding steroid dienone is 1. The van der Waals surface area contributed by atoms with Crippen molar-refractivity contribution in [2.75, 3.05) is 6.61 Å². The van der Waals surface area contributed by atoms with E-state index < -0.39 is 17.4 Å². The first-order valence-corrected chi connectivity index (χ1v) is 20.3. The number of aliphatic hydroxyl groups excluding tert-OH is 1. The van der Waals surface area contributed by atoms with Gasteiger partial charge in [0.15, 0.2) is 0 Å². The smallest absolute Gasteiger partial charge is 0.309 e. The van der Waals surface area contributed by atoms with Gasteiger partial charge in [-0.15, -0.1) is 0 Å². The summed E-state index contributed by atoms with van der Waals surface area (Å²) in [6.45, 7) is 26.9. The fourth-order valence-corrected chi connectivity index (χ4v) is 14.1. The molecule has 0 radical (unpaired) electrons. The van der Waals surface area contributed by atoms with Crippen LogP contribution in [0.3, 0.4) is 0 Å². The van der Waals surface area contributed by atoms with E-state index in [9.17, 15) is 24.6 Å². The molecule has 0 aromatic heterocycles. The Hall–Kier alpha value is -1.69. The number of aliphatic carboxylic acids is 1. The van der Waals surface area contributed by atoms with E-state index in [1.54, 1.807) is 13.8 Å². The van der Waals surface area contributed by atoms with Crippen molar-refractivity contribution in [1.82, 2.24) is 0 Å². The largest absolute Gasteiger partial charge is 0.481 e. The number of hydrogen-bond acceptors (Lipinski definition) is 5. The van der Waals surface area contributed by atoms with Crippen molar-refractivity contribution in [3.05, 3.63) is 12.2 Å². The van der Waals surface area contributed by atoms with E-state index in [0.717, 1.165) is 44.9 Å². The Kier molecular flexibility index (Phi) is 10.8. The number of carbonyl (C=O) groups excluding carboxylic acids is 2. The molecule has 5 saturated carbocycles. The molecule has 5 fully saturated rings. The van der Waals surface area contributed by atoms with Crippen LogP contribution in [0.1, 0.15) is 159 Å². The molecular weight excluding hydrogens is 624 g/mol. The highest BCUT2D eigenvalue weighted by Crippen LogP contribution is 2.78. The topological polar surface area (TPSA) is 101 Å². The number of fused-ring (bicyclic) bond motifs is 7. The molecule has 0 spiro atoms.